The second-order valence-electron chi connectivity index (χ2n) is 3.73. The predicted octanol–water partition coefficient (Wildman–Crippen LogP) is 2.77. The fourth-order valence-corrected chi connectivity index (χ4v) is 2.93. The molecule has 2 rings (SSSR count). The van der Waals surface area contributed by atoms with Gasteiger partial charge in [0.1, 0.15) is 0 Å². The highest BCUT2D eigenvalue weighted by atomic mass is 127. The normalized spacial score (nSPS) is 43.9. The summed E-state index contributed by atoms with van der Waals surface area (Å²) >= 11 is 2.44. The highest BCUT2D eigenvalue weighted by Gasteiger charge is 2.35. The van der Waals surface area contributed by atoms with Gasteiger partial charge in [-0.2, -0.15) is 0 Å². The van der Waals surface area contributed by atoms with Crippen molar-refractivity contribution in [2.75, 3.05) is 4.43 Å². The maximum absolute atomic E-state index is 5.91. The third-order valence-corrected chi connectivity index (χ3v) is 3.93. The molecule has 1 aliphatic heterocycles. The zero-order valence-corrected chi connectivity index (χ0v) is 8.92. The molecule has 1 saturated carbocycles. The molecular formula is C9H15IO. The van der Waals surface area contributed by atoms with Crippen LogP contribution >= 0.6 is 22.6 Å². The zero-order chi connectivity index (χ0) is 7.68. The van der Waals surface area contributed by atoms with Crippen molar-refractivity contribution in [2.24, 2.45) is 5.92 Å². The van der Waals surface area contributed by atoms with Gasteiger partial charge < -0.3 is 4.74 Å². The number of hydrogen-bond acceptors (Lipinski definition) is 1. The van der Waals surface area contributed by atoms with Crippen molar-refractivity contribution in [3.05, 3.63) is 0 Å². The van der Waals surface area contributed by atoms with E-state index in [4.69, 9.17) is 4.74 Å². The van der Waals surface area contributed by atoms with Crippen LogP contribution in [0.15, 0.2) is 0 Å². The third-order valence-electron chi connectivity index (χ3n) is 2.94. The molecule has 2 fully saturated rings. The van der Waals surface area contributed by atoms with Gasteiger partial charge in [0.25, 0.3) is 0 Å². The molecule has 1 aliphatic carbocycles. The minimum absolute atomic E-state index is 0.587. The molecule has 1 saturated heterocycles. The molecule has 0 spiro atoms. The average Bonchev–Trinajstić information content (AvgIpc) is 2.46. The molecular weight excluding hydrogens is 251 g/mol. The van der Waals surface area contributed by atoms with Gasteiger partial charge in [-0.05, 0) is 25.2 Å². The first-order valence-corrected chi connectivity index (χ1v) is 6.14. The smallest absolute Gasteiger partial charge is 0.0671 e. The first kappa shape index (κ1) is 8.30. The summed E-state index contributed by atoms with van der Waals surface area (Å²) in [5, 5.41) is 0. The highest BCUT2D eigenvalue weighted by molar-refractivity contribution is 14.1. The Morgan fingerprint density at radius 1 is 1.27 bits per heavy atom. The van der Waals surface area contributed by atoms with E-state index in [1.54, 1.807) is 0 Å². The van der Waals surface area contributed by atoms with Gasteiger partial charge in [-0.3, -0.25) is 0 Å². The van der Waals surface area contributed by atoms with Crippen LogP contribution in [0.5, 0.6) is 0 Å². The fraction of sp³-hybridized carbons (Fsp3) is 1.00. The van der Waals surface area contributed by atoms with Crippen LogP contribution in [-0.4, -0.2) is 16.6 Å². The molecule has 11 heavy (non-hydrogen) atoms. The fourth-order valence-electron chi connectivity index (χ4n) is 2.36. The van der Waals surface area contributed by atoms with Crippen LogP contribution in [-0.2, 0) is 4.74 Å². The van der Waals surface area contributed by atoms with Gasteiger partial charge in [0.15, 0.2) is 0 Å². The Morgan fingerprint density at radius 3 is 2.82 bits per heavy atom. The van der Waals surface area contributed by atoms with Gasteiger partial charge in [-0.1, -0.05) is 35.4 Å². The van der Waals surface area contributed by atoms with Gasteiger partial charge in [0.05, 0.1) is 12.2 Å². The monoisotopic (exact) mass is 266 g/mol. The van der Waals surface area contributed by atoms with E-state index in [0.717, 1.165) is 5.92 Å². The number of alkyl halides is 1. The van der Waals surface area contributed by atoms with E-state index in [1.165, 1.54) is 36.5 Å². The maximum atomic E-state index is 5.91. The Balaban J connectivity index is 1.92. The summed E-state index contributed by atoms with van der Waals surface area (Å²) in [4.78, 5) is 0. The second-order valence-corrected chi connectivity index (χ2v) is 4.61. The van der Waals surface area contributed by atoms with E-state index in [9.17, 15) is 0 Å². The molecule has 1 heterocycles. The van der Waals surface area contributed by atoms with E-state index in [2.05, 4.69) is 22.6 Å². The number of hydrogen-bond donors (Lipinski definition) is 0. The van der Waals surface area contributed by atoms with Gasteiger partial charge in [-0.25, -0.2) is 0 Å². The van der Waals surface area contributed by atoms with E-state index < -0.39 is 0 Å². The molecule has 0 radical (unpaired) electrons. The van der Waals surface area contributed by atoms with Crippen LogP contribution in [0.1, 0.15) is 32.1 Å². The lowest BCUT2D eigenvalue weighted by molar-refractivity contribution is 0.0302. The summed E-state index contributed by atoms with van der Waals surface area (Å²) in [6.45, 7) is 0. The Morgan fingerprint density at radius 2 is 2.09 bits per heavy atom. The van der Waals surface area contributed by atoms with Gasteiger partial charge >= 0.3 is 0 Å². The molecule has 0 aromatic rings. The molecule has 0 aromatic carbocycles. The summed E-state index contributed by atoms with van der Waals surface area (Å²) in [5.41, 5.74) is 0. The summed E-state index contributed by atoms with van der Waals surface area (Å²) in [6.07, 6.45) is 8.17. The predicted molar refractivity (Wildman–Crippen MR) is 54.1 cm³/mol. The van der Waals surface area contributed by atoms with Crippen molar-refractivity contribution in [1.29, 1.82) is 0 Å². The average molecular weight is 266 g/mol. The lowest BCUT2D eigenvalue weighted by Crippen LogP contribution is -2.20. The minimum atomic E-state index is 0.587. The van der Waals surface area contributed by atoms with Crippen molar-refractivity contribution in [3.8, 4) is 0 Å². The second kappa shape index (κ2) is 3.60. The van der Waals surface area contributed by atoms with Crippen LogP contribution in [0.2, 0.25) is 0 Å². The van der Waals surface area contributed by atoms with E-state index >= 15 is 0 Å². The molecule has 3 unspecified atom stereocenters. The van der Waals surface area contributed by atoms with Crippen molar-refractivity contribution in [3.63, 3.8) is 0 Å². The zero-order valence-electron chi connectivity index (χ0n) is 6.76. The molecule has 2 heteroatoms. The first-order chi connectivity index (χ1) is 5.40. The molecule has 1 nitrogen and oxygen atoms in total. The Bertz CT molecular complexity index is 124. The van der Waals surface area contributed by atoms with Crippen LogP contribution in [0, 0.1) is 5.92 Å². The molecule has 0 amide bonds. The Hall–Kier alpha value is 0.690. The van der Waals surface area contributed by atoms with Gasteiger partial charge in [0, 0.05) is 4.43 Å². The number of fused-ring (bicyclic) bond motifs is 1. The van der Waals surface area contributed by atoms with Crippen molar-refractivity contribution in [2.45, 2.75) is 44.3 Å². The van der Waals surface area contributed by atoms with Crippen molar-refractivity contribution in [1.82, 2.24) is 0 Å². The number of halogens is 1. The van der Waals surface area contributed by atoms with Crippen LogP contribution in [0.25, 0.3) is 0 Å². The topological polar surface area (TPSA) is 9.23 Å². The van der Waals surface area contributed by atoms with Gasteiger partial charge in [-0.15, -0.1) is 0 Å². The Kier molecular flexibility index (Phi) is 2.72. The molecule has 0 N–H and O–H groups in total. The van der Waals surface area contributed by atoms with Crippen LogP contribution in [0.4, 0.5) is 0 Å². The maximum Gasteiger partial charge on any atom is 0.0671 e. The summed E-state index contributed by atoms with van der Waals surface area (Å²) in [6, 6.07) is 0. The highest BCUT2D eigenvalue weighted by Crippen LogP contribution is 2.37. The lowest BCUT2D eigenvalue weighted by Gasteiger charge is -2.23. The standard InChI is InChI=1S/C9H15IO/c10-6-8-5-7-3-1-2-4-9(7)11-8/h7-9H,1-6H2. The van der Waals surface area contributed by atoms with E-state index in [1.807, 2.05) is 0 Å². The lowest BCUT2D eigenvalue weighted by atomic mass is 9.86. The summed E-state index contributed by atoms with van der Waals surface area (Å²) < 4.78 is 7.09. The number of rotatable bonds is 1. The minimum Gasteiger partial charge on any atom is -0.374 e. The molecule has 0 bridgehead atoms. The van der Waals surface area contributed by atoms with Gasteiger partial charge in [0.2, 0.25) is 0 Å². The van der Waals surface area contributed by atoms with Crippen LogP contribution < -0.4 is 0 Å². The van der Waals surface area contributed by atoms with Crippen molar-refractivity contribution >= 4 is 22.6 Å². The molecule has 3 atom stereocenters. The third kappa shape index (κ3) is 1.72. The van der Waals surface area contributed by atoms with Crippen molar-refractivity contribution < 1.29 is 4.74 Å². The van der Waals surface area contributed by atoms with E-state index in [0.29, 0.717) is 12.2 Å². The Labute approximate surface area is 82.0 Å². The molecule has 2 aliphatic rings. The van der Waals surface area contributed by atoms with Crippen LogP contribution in [0.3, 0.4) is 0 Å². The first-order valence-electron chi connectivity index (χ1n) is 4.61. The quantitative estimate of drug-likeness (QED) is 0.524. The molecule has 64 valence electrons. The summed E-state index contributed by atoms with van der Waals surface area (Å²) in [5.74, 6) is 0.920. The SMILES string of the molecule is ICC1CC2CCCCC2O1. The largest absolute Gasteiger partial charge is 0.374 e. The van der Waals surface area contributed by atoms with E-state index in [-0.39, 0.29) is 0 Å². The molecule has 0 aromatic heterocycles. The number of ether oxygens (including phenoxy) is 1. The summed E-state index contributed by atoms with van der Waals surface area (Å²) in [7, 11) is 0.